The fraction of sp³-hybridized carbons (Fsp3) is 0.692. The predicted molar refractivity (Wildman–Crippen MR) is 74.9 cm³/mol. The molecule has 1 aromatic heterocycles. The Kier molecular flexibility index (Phi) is 4.83. The molecule has 3 N–H and O–H groups in total. The highest BCUT2D eigenvalue weighted by atomic mass is 32.2. The lowest BCUT2D eigenvalue weighted by atomic mass is 9.96. The molecule has 1 saturated carbocycles. The number of H-pyrrole nitrogens is 1. The number of rotatable bonds is 4. The van der Waals surface area contributed by atoms with Crippen molar-refractivity contribution in [1.82, 2.24) is 9.97 Å². The van der Waals surface area contributed by atoms with E-state index in [1.165, 1.54) is 12.8 Å². The first-order valence-corrected chi connectivity index (χ1v) is 7.58. The fourth-order valence-corrected chi connectivity index (χ4v) is 3.64. The number of nitrogens with one attached hydrogen (secondary N) is 1. The largest absolute Gasteiger partial charge is 0.328 e. The molecule has 1 aliphatic carbocycles. The van der Waals surface area contributed by atoms with Gasteiger partial charge in [-0.25, -0.2) is 4.98 Å². The molecule has 1 fully saturated rings. The van der Waals surface area contributed by atoms with Crippen molar-refractivity contribution in [2.24, 2.45) is 5.73 Å². The Morgan fingerprint density at radius 1 is 1.56 bits per heavy atom. The normalized spacial score (nSPS) is 24.1. The lowest BCUT2D eigenvalue weighted by molar-refractivity contribution is 0.451. The first-order chi connectivity index (χ1) is 8.67. The molecule has 1 aromatic rings. The van der Waals surface area contributed by atoms with Crippen molar-refractivity contribution in [3.05, 3.63) is 22.1 Å². The highest BCUT2D eigenvalue weighted by Crippen LogP contribution is 2.31. The van der Waals surface area contributed by atoms with Crippen molar-refractivity contribution in [2.45, 2.75) is 61.9 Å². The van der Waals surface area contributed by atoms with Crippen LogP contribution in [-0.4, -0.2) is 21.3 Å². The third-order valence-corrected chi connectivity index (χ3v) is 4.40. The van der Waals surface area contributed by atoms with E-state index in [1.54, 1.807) is 17.8 Å². The van der Waals surface area contributed by atoms with Gasteiger partial charge in [-0.2, -0.15) is 0 Å². The highest BCUT2D eigenvalue weighted by molar-refractivity contribution is 7.99. The zero-order valence-electron chi connectivity index (χ0n) is 10.8. The van der Waals surface area contributed by atoms with Crippen LogP contribution in [0.3, 0.4) is 0 Å². The summed E-state index contributed by atoms with van der Waals surface area (Å²) in [6, 6.07) is 1.90. The van der Waals surface area contributed by atoms with Gasteiger partial charge in [0.15, 0.2) is 5.16 Å². The van der Waals surface area contributed by atoms with E-state index >= 15 is 0 Å². The summed E-state index contributed by atoms with van der Waals surface area (Å²) in [5, 5.41) is 1.25. The Balaban J connectivity index is 2.06. The topological polar surface area (TPSA) is 71.8 Å². The molecular weight excluding hydrogens is 246 g/mol. The first kappa shape index (κ1) is 13.6. The third-order valence-electron chi connectivity index (χ3n) is 3.22. The molecular formula is C13H21N3OS. The van der Waals surface area contributed by atoms with Crippen LogP contribution in [-0.2, 0) is 6.42 Å². The highest BCUT2D eigenvalue weighted by Gasteiger charge is 2.21. The van der Waals surface area contributed by atoms with Gasteiger partial charge in [0.1, 0.15) is 0 Å². The predicted octanol–water partition coefficient (Wildman–Crippen LogP) is 2.08. The lowest BCUT2D eigenvalue weighted by Gasteiger charge is -2.25. The second-order valence-electron chi connectivity index (χ2n) is 4.96. The molecule has 18 heavy (non-hydrogen) atoms. The lowest BCUT2D eigenvalue weighted by Crippen LogP contribution is -2.29. The molecule has 2 unspecified atom stereocenters. The molecule has 4 nitrogen and oxygen atoms in total. The van der Waals surface area contributed by atoms with Gasteiger partial charge in [-0.15, -0.1) is 0 Å². The van der Waals surface area contributed by atoms with Gasteiger partial charge in [0, 0.05) is 23.1 Å². The minimum Gasteiger partial charge on any atom is -0.328 e. The van der Waals surface area contributed by atoms with Crippen LogP contribution < -0.4 is 11.3 Å². The number of nitrogens with two attached hydrogens (primary N) is 1. The van der Waals surface area contributed by atoms with Crippen molar-refractivity contribution in [3.63, 3.8) is 0 Å². The van der Waals surface area contributed by atoms with E-state index in [0.29, 0.717) is 11.3 Å². The van der Waals surface area contributed by atoms with E-state index in [1.807, 2.05) is 0 Å². The van der Waals surface area contributed by atoms with Gasteiger partial charge in [0.05, 0.1) is 0 Å². The van der Waals surface area contributed by atoms with Crippen LogP contribution in [0.25, 0.3) is 0 Å². The standard InChI is InChI=1S/C13H21N3OS/c1-2-4-10-8-12(17)16-13(15-10)18-11-6-3-5-9(14)7-11/h8-9,11H,2-7,14H2,1H3,(H,15,16,17). The van der Waals surface area contributed by atoms with Gasteiger partial charge in [-0.05, 0) is 25.7 Å². The molecule has 0 radical (unpaired) electrons. The maximum Gasteiger partial charge on any atom is 0.251 e. The minimum atomic E-state index is -0.0453. The third kappa shape index (κ3) is 3.85. The number of hydrogen-bond donors (Lipinski definition) is 2. The number of aromatic nitrogens is 2. The van der Waals surface area contributed by atoms with E-state index in [-0.39, 0.29) is 5.56 Å². The monoisotopic (exact) mass is 267 g/mol. The molecule has 0 aromatic carbocycles. The fourth-order valence-electron chi connectivity index (χ4n) is 2.37. The number of hydrogen-bond acceptors (Lipinski definition) is 4. The summed E-state index contributed by atoms with van der Waals surface area (Å²) in [6.45, 7) is 2.09. The summed E-state index contributed by atoms with van der Waals surface area (Å²) in [4.78, 5) is 18.9. The van der Waals surface area contributed by atoms with E-state index < -0.39 is 0 Å². The quantitative estimate of drug-likeness (QED) is 0.819. The number of aromatic amines is 1. The molecule has 0 aliphatic heterocycles. The van der Waals surface area contributed by atoms with Gasteiger partial charge in [0.25, 0.3) is 5.56 Å². The van der Waals surface area contributed by atoms with E-state index in [2.05, 4.69) is 16.9 Å². The second kappa shape index (κ2) is 6.38. The number of aryl methyl sites for hydroxylation is 1. The van der Waals surface area contributed by atoms with Crippen LogP contribution in [0.4, 0.5) is 0 Å². The summed E-state index contributed by atoms with van der Waals surface area (Å²) >= 11 is 1.68. The zero-order valence-corrected chi connectivity index (χ0v) is 11.6. The Morgan fingerprint density at radius 2 is 2.39 bits per heavy atom. The van der Waals surface area contributed by atoms with Crippen molar-refractivity contribution < 1.29 is 0 Å². The van der Waals surface area contributed by atoms with Gasteiger partial charge in [-0.1, -0.05) is 31.5 Å². The molecule has 1 heterocycles. The Labute approximate surface area is 112 Å². The van der Waals surface area contributed by atoms with Crippen molar-refractivity contribution in [2.75, 3.05) is 0 Å². The van der Waals surface area contributed by atoms with E-state index in [4.69, 9.17) is 5.73 Å². The second-order valence-corrected chi connectivity index (χ2v) is 6.25. The SMILES string of the molecule is CCCc1cc(=O)[nH]c(SC2CCCC(N)C2)n1. The maximum atomic E-state index is 11.6. The van der Waals surface area contributed by atoms with Gasteiger partial charge >= 0.3 is 0 Å². The summed E-state index contributed by atoms with van der Waals surface area (Å²) in [6.07, 6.45) is 6.36. The Morgan fingerprint density at radius 3 is 3.11 bits per heavy atom. The molecule has 100 valence electrons. The molecule has 0 bridgehead atoms. The van der Waals surface area contributed by atoms with Crippen molar-refractivity contribution >= 4 is 11.8 Å². The summed E-state index contributed by atoms with van der Waals surface area (Å²) in [5.41, 5.74) is 6.83. The van der Waals surface area contributed by atoms with E-state index in [9.17, 15) is 4.79 Å². The zero-order chi connectivity index (χ0) is 13.0. The smallest absolute Gasteiger partial charge is 0.251 e. The molecule has 0 spiro atoms. The number of thioether (sulfide) groups is 1. The summed E-state index contributed by atoms with van der Waals surface area (Å²) in [7, 11) is 0. The number of nitrogens with zero attached hydrogens (tertiary/aromatic N) is 1. The van der Waals surface area contributed by atoms with Crippen molar-refractivity contribution in [3.8, 4) is 0 Å². The average Bonchev–Trinajstić information content (AvgIpc) is 2.28. The van der Waals surface area contributed by atoms with Gasteiger partial charge in [-0.3, -0.25) is 4.79 Å². The van der Waals surface area contributed by atoms with Crippen LogP contribution in [0.1, 0.15) is 44.7 Å². The minimum absolute atomic E-state index is 0.0453. The van der Waals surface area contributed by atoms with Gasteiger partial charge < -0.3 is 10.7 Å². The molecule has 0 saturated heterocycles. The first-order valence-electron chi connectivity index (χ1n) is 6.70. The van der Waals surface area contributed by atoms with Crippen LogP contribution in [0.15, 0.2) is 16.0 Å². The van der Waals surface area contributed by atoms with Crippen molar-refractivity contribution in [1.29, 1.82) is 0 Å². The maximum absolute atomic E-state index is 11.6. The van der Waals surface area contributed by atoms with Crippen LogP contribution in [0, 0.1) is 0 Å². The van der Waals surface area contributed by atoms with Crippen LogP contribution >= 0.6 is 11.8 Å². The van der Waals surface area contributed by atoms with E-state index in [0.717, 1.165) is 36.5 Å². The molecule has 1 aliphatic rings. The van der Waals surface area contributed by atoms with Crippen LogP contribution in [0.2, 0.25) is 0 Å². The van der Waals surface area contributed by atoms with Gasteiger partial charge in [0.2, 0.25) is 0 Å². The molecule has 0 amide bonds. The molecule has 2 atom stereocenters. The Bertz CT molecular complexity index is 446. The Hall–Kier alpha value is -0.810. The van der Waals surface area contributed by atoms with Crippen LogP contribution in [0.5, 0.6) is 0 Å². The molecule has 2 rings (SSSR count). The average molecular weight is 267 g/mol. The summed E-state index contributed by atoms with van der Waals surface area (Å²) in [5.74, 6) is 0. The summed E-state index contributed by atoms with van der Waals surface area (Å²) < 4.78 is 0. The molecule has 5 heteroatoms.